The second-order valence-electron chi connectivity index (χ2n) is 10.1. The van der Waals surface area contributed by atoms with E-state index in [0.717, 1.165) is 12.8 Å². The molecule has 2 saturated heterocycles. The van der Waals surface area contributed by atoms with Crippen LogP contribution in [0.3, 0.4) is 0 Å². The Morgan fingerprint density at radius 2 is 1.13 bits per heavy atom. The van der Waals surface area contributed by atoms with Gasteiger partial charge in [0, 0.05) is 18.8 Å². The Labute approximate surface area is 190 Å². The molecule has 0 bridgehead atoms. The average Bonchev–Trinajstić information content (AvgIpc) is 2.74. The van der Waals surface area contributed by atoms with Crippen LogP contribution in [0, 0.1) is 35.5 Å². The lowest BCUT2D eigenvalue weighted by Gasteiger charge is -2.44. The molecule has 4 unspecified atom stereocenters. The third-order valence-corrected chi connectivity index (χ3v) is 8.10. The van der Waals surface area contributed by atoms with Gasteiger partial charge in [0.2, 0.25) is 5.91 Å². The molecular weight excluding hydrogens is 394 g/mol. The molecule has 0 saturated carbocycles. The molecule has 10 atom stereocenters. The van der Waals surface area contributed by atoms with Crippen LogP contribution in [0.5, 0.6) is 0 Å². The molecule has 6 nitrogen and oxygen atoms in total. The summed E-state index contributed by atoms with van der Waals surface area (Å²) in [6.07, 6.45) is 1.84. The van der Waals surface area contributed by atoms with Crippen LogP contribution in [-0.2, 0) is 23.7 Å². The predicted molar refractivity (Wildman–Crippen MR) is 122 cm³/mol. The molecule has 2 heterocycles. The quantitative estimate of drug-likeness (QED) is 0.566. The predicted octanol–water partition coefficient (Wildman–Crippen LogP) is 4.61. The van der Waals surface area contributed by atoms with Gasteiger partial charge in [-0.25, -0.2) is 0 Å². The van der Waals surface area contributed by atoms with Gasteiger partial charge in [-0.3, -0.25) is 4.79 Å². The molecule has 2 rings (SSSR count). The van der Waals surface area contributed by atoms with Crippen molar-refractivity contribution in [3.05, 3.63) is 0 Å². The van der Waals surface area contributed by atoms with Gasteiger partial charge in [-0.15, -0.1) is 0 Å². The molecule has 1 amide bonds. The number of carbonyl (C=O) groups is 1. The molecule has 0 aromatic heterocycles. The summed E-state index contributed by atoms with van der Waals surface area (Å²) >= 11 is 0. The average molecular weight is 442 g/mol. The summed E-state index contributed by atoms with van der Waals surface area (Å²) in [5, 5.41) is 2.98. The zero-order chi connectivity index (χ0) is 23.3. The molecule has 6 heteroatoms. The van der Waals surface area contributed by atoms with Crippen molar-refractivity contribution in [1.29, 1.82) is 0 Å². The lowest BCUT2D eigenvalue weighted by Crippen LogP contribution is -2.50. The summed E-state index contributed by atoms with van der Waals surface area (Å²) < 4.78 is 24.9. The summed E-state index contributed by atoms with van der Waals surface area (Å²) in [6, 6.07) is -0.242. The third kappa shape index (κ3) is 6.66. The highest BCUT2D eigenvalue weighted by atomic mass is 16.7. The minimum absolute atomic E-state index is 0.0886. The summed E-state index contributed by atoms with van der Waals surface area (Å²) in [5.41, 5.74) is 0. The highest BCUT2D eigenvalue weighted by Crippen LogP contribution is 2.37. The van der Waals surface area contributed by atoms with Crippen molar-refractivity contribution in [3.63, 3.8) is 0 Å². The lowest BCUT2D eigenvalue weighted by molar-refractivity contribution is -0.261. The zero-order valence-corrected chi connectivity index (χ0v) is 21.2. The minimum atomic E-state index is -0.261. The van der Waals surface area contributed by atoms with Gasteiger partial charge in [-0.2, -0.15) is 0 Å². The topological polar surface area (TPSA) is 66.0 Å². The molecule has 0 aromatic carbocycles. The number of ether oxygens (including phenoxy) is 4. The standard InChI is InChI=1S/C25H47NO5/c1-10-22-16(5)14(3)18(7)24(30-22)28-12-21(26-20(9)27)13-29-25-19(8)15(4)17(6)23(11-2)31-25/h14-19,21-25H,10-13H2,1-9H3,(H,26,27)/t14?,15?,16-,17-,18-,19-,21?,22?,23?,24-,25-/m0/s1. The maximum absolute atomic E-state index is 11.8. The molecule has 0 aromatic rings. The maximum Gasteiger partial charge on any atom is 0.217 e. The van der Waals surface area contributed by atoms with Crippen molar-refractivity contribution in [2.75, 3.05) is 13.2 Å². The number of rotatable bonds is 9. The van der Waals surface area contributed by atoms with E-state index in [1.165, 1.54) is 6.92 Å². The van der Waals surface area contributed by atoms with Crippen molar-refractivity contribution < 1.29 is 23.7 Å². The Balaban J connectivity index is 1.95. The number of hydrogen-bond donors (Lipinski definition) is 1. The Kier molecular flexibility index (Phi) is 10.3. The van der Waals surface area contributed by atoms with Gasteiger partial charge in [0.05, 0.1) is 31.5 Å². The largest absolute Gasteiger partial charge is 0.350 e. The molecule has 1 N–H and O–H groups in total. The molecule has 182 valence electrons. The molecule has 31 heavy (non-hydrogen) atoms. The molecule has 2 fully saturated rings. The monoisotopic (exact) mass is 441 g/mol. The third-order valence-electron chi connectivity index (χ3n) is 8.10. The van der Waals surface area contributed by atoms with Gasteiger partial charge in [0.1, 0.15) is 0 Å². The first kappa shape index (κ1) is 26.6. The van der Waals surface area contributed by atoms with Gasteiger partial charge in [-0.05, 0) is 36.5 Å². The van der Waals surface area contributed by atoms with E-state index in [2.05, 4.69) is 60.7 Å². The van der Waals surface area contributed by atoms with Gasteiger partial charge in [0.15, 0.2) is 12.6 Å². The normalized spacial score (nSPS) is 42.2. The second-order valence-corrected chi connectivity index (χ2v) is 10.1. The van der Waals surface area contributed by atoms with E-state index in [1.807, 2.05) is 0 Å². The molecule has 0 spiro atoms. The lowest BCUT2D eigenvalue weighted by atomic mass is 9.78. The fourth-order valence-corrected chi connectivity index (χ4v) is 5.13. The van der Waals surface area contributed by atoms with E-state index in [-0.39, 0.29) is 36.7 Å². The van der Waals surface area contributed by atoms with Crippen LogP contribution >= 0.6 is 0 Å². The highest BCUT2D eigenvalue weighted by Gasteiger charge is 2.40. The Bertz CT molecular complexity index is 514. The first-order valence-corrected chi connectivity index (χ1v) is 12.4. The summed E-state index contributed by atoms with van der Waals surface area (Å²) in [6.45, 7) is 20.0. The van der Waals surface area contributed by atoms with E-state index in [4.69, 9.17) is 18.9 Å². The van der Waals surface area contributed by atoms with Crippen LogP contribution in [0.4, 0.5) is 0 Å². The van der Waals surface area contributed by atoms with E-state index < -0.39 is 0 Å². The second kappa shape index (κ2) is 12.0. The Hall–Kier alpha value is -0.690. The van der Waals surface area contributed by atoms with Gasteiger partial charge < -0.3 is 24.3 Å². The minimum Gasteiger partial charge on any atom is -0.350 e. The number of nitrogens with one attached hydrogen (secondary N) is 1. The molecular formula is C25H47NO5. The van der Waals surface area contributed by atoms with E-state index in [1.54, 1.807) is 0 Å². The Morgan fingerprint density at radius 3 is 1.45 bits per heavy atom. The SMILES string of the molecule is CCC1O[C@H](OCC(CO[C@H]2OC(CC)[C@@H](C)C(C)[C@@H]2C)NC(C)=O)[C@@H](C)C(C)[C@@H]1C. The molecule has 0 radical (unpaired) electrons. The summed E-state index contributed by atoms with van der Waals surface area (Å²) in [4.78, 5) is 11.8. The van der Waals surface area contributed by atoms with Crippen LogP contribution in [0.15, 0.2) is 0 Å². The van der Waals surface area contributed by atoms with Crippen molar-refractivity contribution in [2.24, 2.45) is 35.5 Å². The van der Waals surface area contributed by atoms with Crippen LogP contribution in [0.2, 0.25) is 0 Å². The van der Waals surface area contributed by atoms with Crippen molar-refractivity contribution in [2.45, 2.75) is 106 Å². The molecule has 0 aliphatic carbocycles. The molecule has 2 aliphatic rings. The number of hydrogen-bond acceptors (Lipinski definition) is 5. The zero-order valence-electron chi connectivity index (χ0n) is 21.2. The number of carbonyl (C=O) groups excluding carboxylic acids is 1. The first-order chi connectivity index (χ1) is 14.6. The van der Waals surface area contributed by atoms with E-state index >= 15 is 0 Å². The summed E-state index contributed by atoms with van der Waals surface area (Å²) in [7, 11) is 0. The molecule has 2 aliphatic heterocycles. The number of amides is 1. The van der Waals surface area contributed by atoms with Crippen LogP contribution < -0.4 is 5.32 Å². The van der Waals surface area contributed by atoms with Gasteiger partial charge in [0.25, 0.3) is 0 Å². The van der Waals surface area contributed by atoms with Crippen LogP contribution in [-0.4, -0.2) is 50.0 Å². The van der Waals surface area contributed by atoms with Gasteiger partial charge >= 0.3 is 0 Å². The van der Waals surface area contributed by atoms with Crippen LogP contribution in [0.25, 0.3) is 0 Å². The van der Waals surface area contributed by atoms with E-state index in [0.29, 0.717) is 48.7 Å². The fourth-order valence-electron chi connectivity index (χ4n) is 5.13. The van der Waals surface area contributed by atoms with E-state index in [9.17, 15) is 4.79 Å². The van der Waals surface area contributed by atoms with Crippen molar-refractivity contribution in [3.8, 4) is 0 Å². The maximum atomic E-state index is 11.8. The Morgan fingerprint density at radius 1 is 0.742 bits per heavy atom. The van der Waals surface area contributed by atoms with Crippen molar-refractivity contribution in [1.82, 2.24) is 5.32 Å². The van der Waals surface area contributed by atoms with Crippen LogP contribution in [0.1, 0.15) is 75.2 Å². The highest BCUT2D eigenvalue weighted by molar-refractivity contribution is 5.73. The van der Waals surface area contributed by atoms with Gasteiger partial charge in [-0.1, -0.05) is 55.4 Å². The smallest absolute Gasteiger partial charge is 0.217 e. The first-order valence-electron chi connectivity index (χ1n) is 12.4. The fraction of sp³-hybridized carbons (Fsp3) is 0.960. The summed E-state index contributed by atoms with van der Waals surface area (Å²) in [5.74, 6) is 2.56. The van der Waals surface area contributed by atoms with Crippen molar-refractivity contribution >= 4 is 5.91 Å².